The van der Waals surface area contributed by atoms with Gasteiger partial charge in [-0.2, -0.15) is 0 Å². The van der Waals surface area contributed by atoms with E-state index >= 15 is 0 Å². The van der Waals surface area contributed by atoms with E-state index < -0.39 is 0 Å². The molecule has 19 heavy (non-hydrogen) atoms. The first-order valence-corrected chi connectivity index (χ1v) is 7.96. The van der Waals surface area contributed by atoms with Gasteiger partial charge in [0.15, 0.2) is 0 Å². The molecule has 2 rings (SSSR count). The van der Waals surface area contributed by atoms with Crippen molar-refractivity contribution >= 4 is 39.2 Å². The smallest absolute Gasteiger partial charge is 0.0726 e. The maximum absolute atomic E-state index is 4.76. The van der Waals surface area contributed by atoms with Crippen LogP contribution in [-0.2, 0) is 0 Å². The molecule has 0 aliphatic heterocycles. The molecule has 2 nitrogen and oxygen atoms in total. The van der Waals surface area contributed by atoms with Gasteiger partial charge in [0.1, 0.15) is 0 Å². The first-order chi connectivity index (χ1) is 9.04. The van der Waals surface area contributed by atoms with Crippen LogP contribution in [0.1, 0.15) is 44.4 Å². The van der Waals surface area contributed by atoms with E-state index in [4.69, 9.17) is 4.98 Å². The summed E-state index contributed by atoms with van der Waals surface area (Å²) in [6, 6.07) is 6.46. The molecule has 0 saturated carbocycles. The average Bonchev–Trinajstić information content (AvgIpc) is 2.35. The van der Waals surface area contributed by atoms with Gasteiger partial charge in [-0.1, -0.05) is 20.8 Å². The lowest BCUT2D eigenvalue weighted by molar-refractivity contribution is 0.844. The van der Waals surface area contributed by atoms with Gasteiger partial charge in [0.25, 0.3) is 0 Å². The zero-order valence-corrected chi connectivity index (χ0v) is 14.2. The highest BCUT2D eigenvalue weighted by atomic mass is 127. The van der Waals surface area contributed by atoms with Crippen LogP contribution in [0.25, 0.3) is 10.9 Å². The summed E-state index contributed by atoms with van der Waals surface area (Å²) < 4.78 is 1.25. The minimum atomic E-state index is 0.481. The molecule has 0 unspecified atom stereocenters. The van der Waals surface area contributed by atoms with Crippen LogP contribution in [0.2, 0.25) is 0 Å². The summed E-state index contributed by atoms with van der Waals surface area (Å²) in [4.78, 5) is 4.76. The molecule has 2 aromatic rings. The molecule has 1 N–H and O–H groups in total. The van der Waals surface area contributed by atoms with Gasteiger partial charge in [-0.25, -0.2) is 0 Å². The number of pyridine rings is 1. The highest BCUT2D eigenvalue weighted by molar-refractivity contribution is 14.1. The molecule has 0 aliphatic rings. The fourth-order valence-electron chi connectivity index (χ4n) is 2.52. The second-order valence-electron chi connectivity index (χ2n) is 5.23. The first-order valence-electron chi connectivity index (χ1n) is 6.88. The van der Waals surface area contributed by atoms with E-state index in [1.165, 1.54) is 20.2 Å². The van der Waals surface area contributed by atoms with Crippen LogP contribution in [0.3, 0.4) is 0 Å². The number of hydrogen-bond donors (Lipinski definition) is 1. The van der Waals surface area contributed by atoms with Gasteiger partial charge in [-0.15, -0.1) is 0 Å². The van der Waals surface area contributed by atoms with E-state index in [9.17, 15) is 0 Å². The fourth-order valence-corrected chi connectivity index (χ4v) is 3.01. The van der Waals surface area contributed by atoms with Crippen molar-refractivity contribution < 1.29 is 0 Å². The highest BCUT2D eigenvalue weighted by Crippen LogP contribution is 2.34. The van der Waals surface area contributed by atoms with Crippen molar-refractivity contribution in [1.82, 2.24) is 4.98 Å². The number of nitrogens with one attached hydrogen (secondary N) is 1. The number of aryl methyl sites for hydroxylation is 1. The average molecular weight is 368 g/mol. The monoisotopic (exact) mass is 368 g/mol. The Kier molecular flexibility index (Phi) is 4.66. The molecule has 0 saturated heterocycles. The topological polar surface area (TPSA) is 24.9 Å². The Morgan fingerprint density at radius 1 is 1.32 bits per heavy atom. The Bertz CT molecular complexity index is 591. The lowest BCUT2D eigenvalue weighted by Crippen LogP contribution is -2.08. The van der Waals surface area contributed by atoms with Crippen molar-refractivity contribution in [2.75, 3.05) is 11.9 Å². The van der Waals surface area contributed by atoms with Crippen molar-refractivity contribution in [3.05, 3.63) is 33.0 Å². The summed E-state index contributed by atoms with van der Waals surface area (Å²) in [6.07, 6.45) is 1.13. The lowest BCUT2D eigenvalue weighted by Gasteiger charge is -2.19. The second-order valence-corrected chi connectivity index (χ2v) is 6.47. The van der Waals surface area contributed by atoms with E-state index in [1.807, 2.05) is 0 Å². The molecule has 3 heteroatoms. The molecule has 1 aromatic heterocycles. The minimum absolute atomic E-state index is 0.481. The summed E-state index contributed by atoms with van der Waals surface area (Å²) >= 11 is 2.36. The number of halogens is 1. The molecule has 1 aromatic carbocycles. The summed E-state index contributed by atoms with van der Waals surface area (Å²) in [6.45, 7) is 9.79. The zero-order chi connectivity index (χ0) is 14.0. The predicted molar refractivity (Wildman–Crippen MR) is 92.1 cm³/mol. The van der Waals surface area contributed by atoms with Crippen LogP contribution in [-0.4, -0.2) is 11.5 Å². The Morgan fingerprint density at radius 2 is 2.05 bits per heavy atom. The Labute approximate surface area is 129 Å². The molecule has 1 heterocycles. The van der Waals surface area contributed by atoms with Crippen molar-refractivity contribution in [2.45, 2.75) is 40.0 Å². The van der Waals surface area contributed by atoms with Gasteiger partial charge in [0.2, 0.25) is 0 Å². The molecule has 102 valence electrons. The molecule has 0 fully saturated rings. The van der Waals surface area contributed by atoms with Gasteiger partial charge in [0.05, 0.1) is 5.52 Å². The number of benzene rings is 1. The van der Waals surface area contributed by atoms with Crippen molar-refractivity contribution in [3.8, 4) is 0 Å². The summed E-state index contributed by atoms with van der Waals surface area (Å²) in [7, 11) is 0. The van der Waals surface area contributed by atoms with Gasteiger partial charge in [0, 0.05) is 26.9 Å². The van der Waals surface area contributed by atoms with Crippen LogP contribution >= 0.6 is 22.6 Å². The number of hydrogen-bond acceptors (Lipinski definition) is 2. The summed E-state index contributed by atoms with van der Waals surface area (Å²) in [5.41, 5.74) is 4.85. The molecule has 0 bridgehead atoms. The fraction of sp³-hybridized carbons (Fsp3) is 0.438. The third kappa shape index (κ3) is 3.02. The van der Waals surface area contributed by atoms with E-state index in [1.54, 1.807) is 0 Å². The molecule has 0 atom stereocenters. The second kappa shape index (κ2) is 6.07. The summed E-state index contributed by atoms with van der Waals surface area (Å²) in [5, 5.41) is 4.86. The highest BCUT2D eigenvalue weighted by Gasteiger charge is 2.15. The number of aromatic nitrogens is 1. The van der Waals surface area contributed by atoms with Crippen LogP contribution in [0.15, 0.2) is 18.2 Å². The van der Waals surface area contributed by atoms with Gasteiger partial charge >= 0.3 is 0 Å². The van der Waals surface area contributed by atoms with Crippen molar-refractivity contribution in [1.29, 1.82) is 0 Å². The Morgan fingerprint density at radius 3 is 2.68 bits per heavy atom. The third-order valence-electron chi connectivity index (χ3n) is 3.30. The number of rotatable bonds is 4. The van der Waals surface area contributed by atoms with E-state index in [0.29, 0.717) is 5.92 Å². The molecular formula is C16H21IN2. The Balaban J connectivity index is 2.72. The molecular weight excluding hydrogens is 347 g/mol. The van der Waals surface area contributed by atoms with Gasteiger partial charge < -0.3 is 5.32 Å². The standard InChI is InChI=1S/C16H21IN2/c1-5-8-18-16-13-9-12(17)6-7-14(13)19-11(4)15(16)10(2)3/h6-7,9-10H,5,8H2,1-4H3,(H,18,19). The molecule has 0 amide bonds. The predicted octanol–water partition coefficient (Wildman–Crippen LogP) is 5.09. The molecule has 0 aliphatic carbocycles. The normalized spacial score (nSPS) is 11.3. The number of anilines is 1. The van der Waals surface area contributed by atoms with Crippen LogP contribution in [0, 0.1) is 10.5 Å². The quantitative estimate of drug-likeness (QED) is 0.760. The molecule has 0 radical (unpaired) electrons. The Hall–Kier alpha value is -0.840. The van der Waals surface area contributed by atoms with E-state index in [-0.39, 0.29) is 0 Å². The number of fused-ring (bicyclic) bond motifs is 1. The van der Waals surface area contributed by atoms with Crippen LogP contribution in [0.4, 0.5) is 5.69 Å². The zero-order valence-electron chi connectivity index (χ0n) is 12.0. The maximum Gasteiger partial charge on any atom is 0.0726 e. The minimum Gasteiger partial charge on any atom is -0.384 e. The first kappa shape index (κ1) is 14.6. The van der Waals surface area contributed by atoms with Gasteiger partial charge in [-0.05, 0) is 65.6 Å². The maximum atomic E-state index is 4.76. The van der Waals surface area contributed by atoms with Crippen molar-refractivity contribution in [2.24, 2.45) is 0 Å². The largest absolute Gasteiger partial charge is 0.384 e. The lowest BCUT2D eigenvalue weighted by atomic mass is 9.96. The summed E-state index contributed by atoms with van der Waals surface area (Å²) in [5.74, 6) is 0.481. The van der Waals surface area contributed by atoms with Crippen LogP contribution in [0.5, 0.6) is 0 Å². The number of nitrogens with zero attached hydrogens (tertiary/aromatic N) is 1. The van der Waals surface area contributed by atoms with Gasteiger partial charge in [-0.3, -0.25) is 4.98 Å². The SMILES string of the molecule is CCCNc1c(C(C)C)c(C)nc2ccc(I)cc12. The van der Waals surface area contributed by atoms with E-state index in [2.05, 4.69) is 73.8 Å². The van der Waals surface area contributed by atoms with E-state index in [0.717, 1.165) is 24.2 Å². The van der Waals surface area contributed by atoms with Crippen LogP contribution < -0.4 is 5.32 Å². The third-order valence-corrected chi connectivity index (χ3v) is 3.98. The molecule has 0 spiro atoms. The van der Waals surface area contributed by atoms with Crippen molar-refractivity contribution in [3.63, 3.8) is 0 Å².